The first kappa shape index (κ1) is 20.0. The molecule has 6 nitrogen and oxygen atoms in total. The molecule has 0 radical (unpaired) electrons. The first-order valence-corrected chi connectivity index (χ1v) is 9.43. The van der Waals surface area contributed by atoms with Gasteiger partial charge in [-0.2, -0.15) is 0 Å². The number of methoxy groups -OCH3 is 1. The highest BCUT2D eigenvalue weighted by molar-refractivity contribution is 5.86. The molecule has 1 amide bonds. The molecule has 7 heteroatoms. The van der Waals surface area contributed by atoms with Crippen LogP contribution < -0.4 is 4.74 Å². The molecule has 2 aliphatic heterocycles. The zero-order valence-electron chi connectivity index (χ0n) is 16.3. The summed E-state index contributed by atoms with van der Waals surface area (Å²) in [7, 11) is 1.52. The summed E-state index contributed by atoms with van der Waals surface area (Å²) in [5, 5.41) is 11.1. The Morgan fingerprint density at radius 3 is 2.81 bits per heavy atom. The van der Waals surface area contributed by atoms with Crippen LogP contribution in [0.3, 0.4) is 0 Å². The van der Waals surface area contributed by atoms with E-state index in [9.17, 15) is 14.3 Å². The highest BCUT2D eigenvalue weighted by Crippen LogP contribution is 2.28. The monoisotopic (exact) mass is 380 g/mol. The standard InChI is InChI=1S/C20H29FN2O4/c1-19(2)13-22(9-10-27-19)14-20(25)7-4-8-23(18(20)24)12-15-11-16(26-3)5-6-17(15)21/h5-6,11,25H,4,7-10,12-14H2,1-3H3. The topological polar surface area (TPSA) is 62.2 Å². The van der Waals surface area contributed by atoms with Crippen LogP contribution in [-0.2, 0) is 16.1 Å². The maximum atomic E-state index is 14.2. The van der Waals surface area contributed by atoms with Gasteiger partial charge in [0.1, 0.15) is 11.6 Å². The zero-order chi connectivity index (χ0) is 19.7. The van der Waals surface area contributed by atoms with Crippen molar-refractivity contribution in [2.24, 2.45) is 0 Å². The molecule has 0 spiro atoms. The van der Waals surface area contributed by atoms with Crippen LogP contribution >= 0.6 is 0 Å². The third kappa shape index (κ3) is 4.59. The quantitative estimate of drug-likeness (QED) is 0.844. The average Bonchev–Trinajstić information content (AvgIpc) is 2.60. The molecule has 3 rings (SSSR count). The molecule has 0 saturated carbocycles. The van der Waals surface area contributed by atoms with E-state index in [0.29, 0.717) is 50.4 Å². The number of piperidine rings is 1. The van der Waals surface area contributed by atoms with Crippen molar-refractivity contribution in [3.63, 3.8) is 0 Å². The molecule has 2 aliphatic rings. The van der Waals surface area contributed by atoms with E-state index in [4.69, 9.17) is 9.47 Å². The lowest BCUT2D eigenvalue weighted by atomic mass is 9.90. The second-order valence-corrected chi connectivity index (χ2v) is 8.14. The average molecular weight is 380 g/mol. The van der Waals surface area contributed by atoms with Gasteiger partial charge in [-0.3, -0.25) is 9.69 Å². The van der Waals surface area contributed by atoms with Gasteiger partial charge in [-0.15, -0.1) is 0 Å². The van der Waals surface area contributed by atoms with E-state index < -0.39 is 5.60 Å². The minimum absolute atomic E-state index is 0.124. The van der Waals surface area contributed by atoms with E-state index in [1.165, 1.54) is 13.2 Å². The molecule has 0 aliphatic carbocycles. The minimum atomic E-state index is -1.44. The van der Waals surface area contributed by atoms with Crippen LogP contribution in [0.5, 0.6) is 5.75 Å². The van der Waals surface area contributed by atoms with Crippen LogP contribution in [0.15, 0.2) is 18.2 Å². The summed E-state index contributed by atoms with van der Waals surface area (Å²) >= 11 is 0. The Morgan fingerprint density at radius 2 is 2.11 bits per heavy atom. The number of aliphatic hydroxyl groups is 1. The number of ether oxygens (including phenoxy) is 2. The molecule has 1 aromatic carbocycles. The van der Waals surface area contributed by atoms with Crippen molar-refractivity contribution in [1.82, 2.24) is 9.80 Å². The number of carbonyl (C=O) groups excluding carboxylic acids is 1. The van der Waals surface area contributed by atoms with Gasteiger partial charge < -0.3 is 19.5 Å². The summed E-state index contributed by atoms with van der Waals surface area (Å²) in [4.78, 5) is 16.6. The van der Waals surface area contributed by atoms with Crippen LogP contribution in [-0.4, -0.2) is 71.9 Å². The van der Waals surface area contributed by atoms with Crippen molar-refractivity contribution < 1.29 is 23.8 Å². The number of hydrogen-bond donors (Lipinski definition) is 1. The summed E-state index contributed by atoms with van der Waals surface area (Å²) in [5.41, 5.74) is -1.35. The SMILES string of the molecule is COc1ccc(F)c(CN2CCCC(O)(CN3CCOC(C)(C)C3)C2=O)c1. The number of rotatable bonds is 5. The summed E-state index contributed by atoms with van der Waals surface area (Å²) in [5.74, 6) is -0.172. The lowest BCUT2D eigenvalue weighted by Gasteiger charge is -2.44. The molecular weight excluding hydrogens is 351 g/mol. The van der Waals surface area contributed by atoms with Crippen molar-refractivity contribution in [1.29, 1.82) is 0 Å². The lowest BCUT2D eigenvalue weighted by molar-refractivity contribution is -0.165. The number of morpholine rings is 1. The molecule has 1 atom stereocenters. The van der Waals surface area contributed by atoms with E-state index in [2.05, 4.69) is 4.90 Å². The van der Waals surface area contributed by atoms with Crippen LogP contribution in [0.1, 0.15) is 32.3 Å². The minimum Gasteiger partial charge on any atom is -0.497 e. The Bertz CT molecular complexity index is 697. The van der Waals surface area contributed by atoms with Crippen LogP contribution in [0, 0.1) is 5.82 Å². The molecule has 0 bridgehead atoms. The molecule has 27 heavy (non-hydrogen) atoms. The number of β-amino-alcohol motifs (C(OH)–C–C–N with tert-alkyl or cyclic N) is 1. The summed E-state index contributed by atoms with van der Waals surface area (Å²) in [6.45, 7) is 6.83. The van der Waals surface area contributed by atoms with Crippen LogP contribution in [0.2, 0.25) is 0 Å². The fraction of sp³-hybridized carbons (Fsp3) is 0.650. The highest BCUT2D eigenvalue weighted by atomic mass is 19.1. The maximum absolute atomic E-state index is 14.2. The molecule has 1 unspecified atom stereocenters. The smallest absolute Gasteiger partial charge is 0.256 e. The predicted octanol–water partition coefficient (Wildman–Crippen LogP) is 1.80. The molecule has 2 saturated heterocycles. The number of halogens is 1. The van der Waals surface area contributed by atoms with Crippen LogP contribution in [0.25, 0.3) is 0 Å². The Labute approximate surface area is 159 Å². The number of nitrogens with zero attached hydrogens (tertiary/aromatic N) is 2. The highest BCUT2D eigenvalue weighted by Gasteiger charge is 2.44. The molecule has 0 aromatic heterocycles. The van der Waals surface area contributed by atoms with E-state index >= 15 is 0 Å². The van der Waals surface area contributed by atoms with Gasteiger partial charge in [-0.1, -0.05) is 0 Å². The Balaban J connectivity index is 1.71. The summed E-state index contributed by atoms with van der Waals surface area (Å²) in [6.07, 6.45) is 1.10. The van der Waals surface area contributed by atoms with E-state index in [1.807, 2.05) is 13.8 Å². The van der Waals surface area contributed by atoms with Crippen molar-refractivity contribution in [2.75, 3.05) is 39.9 Å². The number of amides is 1. The van der Waals surface area contributed by atoms with E-state index in [-0.39, 0.29) is 30.4 Å². The number of benzene rings is 1. The predicted molar refractivity (Wildman–Crippen MR) is 99.0 cm³/mol. The number of likely N-dealkylation sites (tertiary alicyclic amines) is 1. The maximum Gasteiger partial charge on any atom is 0.256 e. The van der Waals surface area contributed by atoms with Crippen molar-refractivity contribution in [3.05, 3.63) is 29.6 Å². The molecule has 1 aromatic rings. The fourth-order valence-corrected chi connectivity index (χ4v) is 3.99. The van der Waals surface area contributed by atoms with Gasteiger partial charge >= 0.3 is 0 Å². The second-order valence-electron chi connectivity index (χ2n) is 8.14. The van der Waals surface area contributed by atoms with Gasteiger partial charge in [0.25, 0.3) is 5.91 Å². The van der Waals surface area contributed by atoms with Crippen molar-refractivity contribution in [2.45, 2.75) is 44.4 Å². The third-order valence-corrected chi connectivity index (χ3v) is 5.31. The molecule has 150 valence electrons. The fourth-order valence-electron chi connectivity index (χ4n) is 3.99. The summed E-state index contributed by atoms with van der Waals surface area (Å²) in [6, 6.07) is 4.48. The lowest BCUT2D eigenvalue weighted by Crippen LogP contribution is -2.61. The van der Waals surface area contributed by atoms with Gasteiger partial charge in [0.2, 0.25) is 0 Å². The molecule has 1 N–H and O–H groups in total. The second kappa shape index (κ2) is 7.73. The summed E-state index contributed by atoms with van der Waals surface area (Å²) < 4.78 is 25.0. The number of carbonyl (C=O) groups is 1. The van der Waals surface area contributed by atoms with Gasteiger partial charge in [0, 0.05) is 38.3 Å². The van der Waals surface area contributed by atoms with Gasteiger partial charge in [-0.25, -0.2) is 4.39 Å². The third-order valence-electron chi connectivity index (χ3n) is 5.31. The first-order chi connectivity index (χ1) is 12.7. The van der Waals surface area contributed by atoms with E-state index in [0.717, 1.165) is 0 Å². The Morgan fingerprint density at radius 1 is 1.33 bits per heavy atom. The molecule has 2 heterocycles. The van der Waals surface area contributed by atoms with Gasteiger partial charge in [0.05, 0.1) is 19.3 Å². The normalized spacial score (nSPS) is 26.3. The van der Waals surface area contributed by atoms with Crippen molar-refractivity contribution >= 4 is 5.91 Å². The molecule has 2 fully saturated rings. The first-order valence-electron chi connectivity index (χ1n) is 9.43. The van der Waals surface area contributed by atoms with Crippen molar-refractivity contribution in [3.8, 4) is 5.75 Å². The molecular formula is C20H29FN2O4. The van der Waals surface area contributed by atoms with E-state index in [1.54, 1.807) is 17.0 Å². The Hall–Kier alpha value is -1.70. The largest absolute Gasteiger partial charge is 0.497 e. The Kier molecular flexibility index (Phi) is 5.74. The zero-order valence-corrected chi connectivity index (χ0v) is 16.3. The van der Waals surface area contributed by atoms with Gasteiger partial charge in [0.15, 0.2) is 5.60 Å². The number of hydrogen-bond acceptors (Lipinski definition) is 5. The van der Waals surface area contributed by atoms with Crippen LogP contribution in [0.4, 0.5) is 4.39 Å². The van der Waals surface area contributed by atoms with Gasteiger partial charge in [-0.05, 0) is 44.9 Å².